The second-order valence-electron chi connectivity index (χ2n) is 5.36. The van der Waals surface area contributed by atoms with Gasteiger partial charge in [-0.15, -0.1) is 10.2 Å². The largest absolute Gasteiger partial charge is 0.422 e. The summed E-state index contributed by atoms with van der Waals surface area (Å²) in [5, 5.41) is 12.3. The minimum absolute atomic E-state index is 0.0907. The third-order valence-electron chi connectivity index (χ3n) is 3.61. The third-order valence-corrected chi connectivity index (χ3v) is 4.99. The van der Waals surface area contributed by atoms with E-state index in [-0.39, 0.29) is 5.56 Å². The van der Waals surface area contributed by atoms with E-state index < -0.39 is 11.5 Å². The van der Waals surface area contributed by atoms with Gasteiger partial charge >= 0.3 is 5.63 Å². The second-order valence-corrected chi connectivity index (χ2v) is 7.26. The SMILES string of the molecule is O=C(Nc1nnc(-c2ccccc2)s1)c1cc2cc(Br)ccc2oc1=O. The number of halogens is 1. The van der Waals surface area contributed by atoms with Crippen molar-refractivity contribution in [3.05, 3.63) is 75.1 Å². The summed E-state index contributed by atoms with van der Waals surface area (Å²) in [5.41, 5.74) is 0.523. The fourth-order valence-electron chi connectivity index (χ4n) is 2.39. The van der Waals surface area contributed by atoms with Crippen molar-refractivity contribution in [2.45, 2.75) is 0 Å². The number of rotatable bonds is 3. The van der Waals surface area contributed by atoms with Crippen LogP contribution in [0.5, 0.6) is 0 Å². The first kappa shape index (κ1) is 16.6. The Hall–Kier alpha value is -2.84. The van der Waals surface area contributed by atoms with Crippen LogP contribution in [0.3, 0.4) is 0 Å². The number of hydrogen-bond acceptors (Lipinski definition) is 6. The lowest BCUT2D eigenvalue weighted by atomic mass is 10.2. The van der Waals surface area contributed by atoms with Crippen LogP contribution < -0.4 is 10.9 Å². The van der Waals surface area contributed by atoms with Gasteiger partial charge in [0.15, 0.2) is 0 Å². The zero-order valence-corrected chi connectivity index (χ0v) is 15.5. The number of nitrogens with one attached hydrogen (secondary N) is 1. The van der Waals surface area contributed by atoms with Crippen LogP contribution in [-0.2, 0) is 0 Å². The molecule has 0 aliphatic carbocycles. The van der Waals surface area contributed by atoms with Crippen LogP contribution in [0.4, 0.5) is 5.13 Å². The molecule has 0 aliphatic rings. The lowest BCUT2D eigenvalue weighted by molar-refractivity contribution is 0.102. The molecule has 4 aromatic rings. The lowest BCUT2D eigenvalue weighted by Gasteiger charge is -2.02. The molecule has 1 amide bonds. The predicted molar refractivity (Wildman–Crippen MR) is 103 cm³/mol. The van der Waals surface area contributed by atoms with Gasteiger partial charge in [0.1, 0.15) is 16.2 Å². The maximum absolute atomic E-state index is 12.5. The van der Waals surface area contributed by atoms with Gasteiger partial charge in [-0.2, -0.15) is 0 Å². The number of benzene rings is 2. The van der Waals surface area contributed by atoms with Crippen molar-refractivity contribution in [1.29, 1.82) is 0 Å². The second kappa shape index (κ2) is 6.81. The van der Waals surface area contributed by atoms with Crippen LogP contribution in [0, 0.1) is 0 Å². The Morgan fingerprint density at radius 2 is 1.88 bits per heavy atom. The van der Waals surface area contributed by atoms with Gasteiger partial charge in [0, 0.05) is 15.4 Å². The minimum atomic E-state index is -0.704. The van der Waals surface area contributed by atoms with Crippen molar-refractivity contribution in [2.24, 2.45) is 0 Å². The highest BCUT2D eigenvalue weighted by Crippen LogP contribution is 2.26. The van der Waals surface area contributed by atoms with Crippen molar-refractivity contribution in [3.8, 4) is 10.6 Å². The maximum atomic E-state index is 12.5. The average molecular weight is 428 g/mol. The number of carbonyl (C=O) groups excluding carboxylic acids is 1. The Bertz CT molecular complexity index is 1170. The molecular formula is C18H10BrN3O3S. The first-order valence-corrected chi connectivity index (χ1v) is 9.15. The van der Waals surface area contributed by atoms with E-state index in [1.807, 2.05) is 30.3 Å². The summed E-state index contributed by atoms with van der Waals surface area (Å²) in [6, 6.07) is 16.2. The van der Waals surface area contributed by atoms with Gasteiger partial charge < -0.3 is 4.42 Å². The highest BCUT2D eigenvalue weighted by Gasteiger charge is 2.16. The summed E-state index contributed by atoms with van der Waals surface area (Å²) in [6.45, 7) is 0. The molecule has 4 rings (SSSR count). The first-order valence-electron chi connectivity index (χ1n) is 7.54. The molecule has 1 N–H and O–H groups in total. The number of amides is 1. The van der Waals surface area contributed by atoms with Crippen molar-refractivity contribution in [2.75, 3.05) is 5.32 Å². The first-order chi connectivity index (χ1) is 12.6. The number of anilines is 1. The van der Waals surface area contributed by atoms with E-state index in [4.69, 9.17) is 4.42 Å². The highest BCUT2D eigenvalue weighted by molar-refractivity contribution is 9.10. The Kier molecular flexibility index (Phi) is 4.36. The summed E-state index contributed by atoms with van der Waals surface area (Å²) in [4.78, 5) is 24.6. The molecule has 0 fully saturated rings. The highest BCUT2D eigenvalue weighted by atomic mass is 79.9. The van der Waals surface area contributed by atoms with E-state index in [1.165, 1.54) is 17.4 Å². The molecule has 128 valence electrons. The summed E-state index contributed by atoms with van der Waals surface area (Å²) < 4.78 is 6.03. The summed E-state index contributed by atoms with van der Waals surface area (Å²) in [7, 11) is 0. The van der Waals surface area contributed by atoms with E-state index >= 15 is 0 Å². The average Bonchev–Trinajstić information content (AvgIpc) is 3.10. The van der Waals surface area contributed by atoms with Gasteiger partial charge in [-0.1, -0.05) is 57.6 Å². The normalized spacial score (nSPS) is 10.8. The summed E-state index contributed by atoms with van der Waals surface area (Å²) in [6.07, 6.45) is 0. The summed E-state index contributed by atoms with van der Waals surface area (Å²) in [5.74, 6) is -0.587. The van der Waals surface area contributed by atoms with Crippen LogP contribution in [0.25, 0.3) is 21.5 Å². The van der Waals surface area contributed by atoms with E-state index in [0.717, 1.165) is 10.0 Å². The molecule has 8 heteroatoms. The van der Waals surface area contributed by atoms with Gasteiger partial charge in [0.25, 0.3) is 5.91 Å². The predicted octanol–water partition coefficient (Wildman–Crippen LogP) is 4.33. The molecule has 0 aliphatic heterocycles. The standard InChI is InChI=1S/C18H10BrN3O3S/c19-12-6-7-14-11(8-12)9-13(17(24)25-14)15(23)20-18-22-21-16(26-18)10-4-2-1-3-5-10/h1-9H,(H,20,22,23). The Morgan fingerprint density at radius 3 is 2.69 bits per heavy atom. The zero-order valence-electron chi connectivity index (χ0n) is 13.1. The molecule has 0 saturated carbocycles. The molecule has 0 atom stereocenters. The minimum Gasteiger partial charge on any atom is -0.422 e. The molecule has 0 bridgehead atoms. The van der Waals surface area contributed by atoms with E-state index in [1.54, 1.807) is 18.2 Å². The molecular weight excluding hydrogens is 418 g/mol. The van der Waals surface area contributed by atoms with E-state index in [9.17, 15) is 9.59 Å². The maximum Gasteiger partial charge on any atom is 0.349 e. The van der Waals surface area contributed by atoms with Crippen LogP contribution in [0.2, 0.25) is 0 Å². The molecule has 0 spiro atoms. The van der Waals surface area contributed by atoms with Crippen LogP contribution in [0.15, 0.2) is 68.3 Å². The van der Waals surface area contributed by atoms with Crippen LogP contribution in [-0.4, -0.2) is 16.1 Å². The topological polar surface area (TPSA) is 85.1 Å². The molecule has 6 nitrogen and oxygen atoms in total. The Balaban J connectivity index is 1.63. The number of nitrogens with zero attached hydrogens (tertiary/aromatic N) is 2. The van der Waals surface area contributed by atoms with Gasteiger partial charge in [0.05, 0.1) is 0 Å². The van der Waals surface area contributed by atoms with Crippen molar-refractivity contribution >= 4 is 49.3 Å². The molecule has 26 heavy (non-hydrogen) atoms. The molecule has 0 saturated heterocycles. The monoisotopic (exact) mass is 427 g/mol. The summed E-state index contributed by atoms with van der Waals surface area (Å²) >= 11 is 4.58. The third kappa shape index (κ3) is 3.29. The van der Waals surface area contributed by atoms with Gasteiger partial charge in [-0.25, -0.2) is 4.79 Å². The van der Waals surface area contributed by atoms with Gasteiger partial charge in [0.2, 0.25) is 5.13 Å². The van der Waals surface area contributed by atoms with Crippen LogP contribution >= 0.6 is 27.3 Å². The smallest absolute Gasteiger partial charge is 0.349 e. The molecule has 0 unspecified atom stereocenters. The van der Waals surface area contributed by atoms with Gasteiger partial charge in [-0.05, 0) is 24.3 Å². The molecule has 0 radical (unpaired) electrons. The quantitative estimate of drug-likeness (QED) is 0.491. The van der Waals surface area contributed by atoms with Crippen molar-refractivity contribution < 1.29 is 9.21 Å². The fraction of sp³-hybridized carbons (Fsp3) is 0. The Morgan fingerprint density at radius 1 is 1.08 bits per heavy atom. The van der Waals surface area contributed by atoms with E-state index in [0.29, 0.717) is 21.1 Å². The van der Waals surface area contributed by atoms with E-state index in [2.05, 4.69) is 31.4 Å². The van der Waals surface area contributed by atoms with Crippen molar-refractivity contribution in [1.82, 2.24) is 10.2 Å². The fourth-order valence-corrected chi connectivity index (χ4v) is 3.51. The zero-order chi connectivity index (χ0) is 18.1. The lowest BCUT2D eigenvalue weighted by Crippen LogP contribution is -2.20. The number of aromatic nitrogens is 2. The number of fused-ring (bicyclic) bond motifs is 1. The van der Waals surface area contributed by atoms with Crippen LogP contribution in [0.1, 0.15) is 10.4 Å². The number of hydrogen-bond donors (Lipinski definition) is 1. The Labute approximate surface area is 159 Å². The molecule has 2 aromatic heterocycles. The molecule has 2 aromatic carbocycles. The molecule has 2 heterocycles. The van der Waals surface area contributed by atoms with Crippen molar-refractivity contribution in [3.63, 3.8) is 0 Å². The van der Waals surface area contributed by atoms with Gasteiger partial charge in [-0.3, -0.25) is 10.1 Å². The number of carbonyl (C=O) groups is 1.